The third-order valence-corrected chi connectivity index (χ3v) is 4.19. The Balaban J connectivity index is 1.72. The van der Waals surface area contributed by atoms with E-state index in [1.165, 1.54) is 5.56 Å². The van der Waals surface area contributed by atoms with Gasteiger partial charge in [0.2, 0.25) is 0 Å². The van der Waals surface area contributed by atoms with Crippen molar-refractivity contribution in [1.82, 2.24) is 10.6 Å². The van der Waals surface area contributed by atoms with Gasteiger partial charge in [-0.15, -0.1) is 0 Å². The highest BCUT2D eigenvalue weighted by Crippen LogP contribution is 2.20. The average Bonchev–Trinajstić information content (AvgIpc) is 2.54. The number of rotatable bonds is 6. The molecule has 0 radical (unpaired) electrons. The van der Waals surface area contributed by atoms with Crippen LogP contribution in [-0.2, 0) is 13.0 Å². The maximum atomic E-state index is 6.12. The van der Waals surface area contributed by atoms with Gasteiger partial charge in [0.1, 0.15) is 5.75 Å². The standard InChI is InChI=1S/C17H18Cl2N2OS/c1-22-15-6-2-12(3-7-15)8-9-20-17(23)21-11-13-4-5-14(18)10-16(13)19/h2-7,10H,8-9,11H2,1H3,(H2,20,21,23). The van der Waals surface area contributed by atoms with Crippen molar-refractivity contribution in [3.05, 3.63) is 63.6 Å². The van der Waals surface area contributed by atoms with Crippen LogP contribution in [0.4, 0.5) is 0 Å². The Morgan fingerprint density at radius 3 is 2.48 bits per heavy atom. The lowest BCUT2D eigenvalue weighted by Gasteiger charge is -2.11. The van der Waals surface area contributed by atoms with Crippen LogP contribution >= 0.6 is 35.4 Å². The van der Waals surface area contributed by atoms with Crippen molar-refractivity contribution in [3.63, 3.8) is 0 Å². The molecule has 0 aliphatic rings. The molecule has 0 atom stereocenters. The van der Waals surface area contributed by atoms with Crippen molar-refractivity contribution in [2.75, 3.05) is 13.7 Å². The second-order valence-electron chi connectivity index (χ2n) is 4.94. The van der Waals surface area contributed by atoms with Crippen LogP contribution < -0.4 is 15.4 Å². The molecule has 0 aromatic heterocycles. The average molecular weight is 369 g/mol. The molecule has 0 unspecified atom stereocenters. The van der Waals surface area contributed by atoms with Crippen molar-refractivity contribution < 1.29 is 4.74 Å². The first kappa shape index (κ1) is 17.9. The number of methoxy groups -OCH3 is 1. The van der Waals surface area contributed by atoms with Gasteiger partial charge in [-0.25, -0.2) is 0 Å². The van der Waals surface area contributed by atoms with Gasteiger partial charge < -0.3 is 15.4 Å². The van der Waals surface area contributed by atoms with Crippen LogP contribution in [0.3, 0.4) is 0 Å². The van der Waals surface area contributed by atoms with Gasteiger partial charge in [0.15, 0.2) is 5.11 Å². The summed E-state index contributed by atoms with van der Waals surface area (Å²) in [7, 11) is 1.66. The number of hydrogen-bond acceptors (Lipinski definition) is 2. The Morgan fingerprint density at radius 1 is 1.09 bits per heavy atom. The molecule has 0 amide bonds. The summed E-state index contributed by atoms with van der Waals surface area (Å²) in [5.41, 5.74) is 2.18. The van der Waals surface area contributed by atoms with Crippen LogP contribution in [0.2, 0.25) is 10.0 Å². The molecule has 122 valence electrons. The molecular weight excluding hydrogens is 351 g/mol. The SMILES string of the molecule is COc1ccc(CCNC(=S)NCc2ccc(Cl)cc2Cl)cc1. The van der Waals surface area contributed by atoms with Crippen LogP contribution in [0.1, 0.15) is 11.1 Å². The van der Waals surface area contributed by atoms with Crippen molar-refractivity contribution in [3.8, 4) is 5.75 Å². The molecule has 2 N–H and O–H groups in total. The lowest BCUT2D eigenvalue weighted by Crippen LogP contribution is -2.35. The Hall–Kier alpha value is -1.49. The highest BCUT2D eigenvalue weighted by molar-refractivity contribution is 7.80. The topological polar surface area (TPSA) is 33.3 Å². The van der Waals surface area contributed by atoms with Crippen molar-refractivity contribution in [1.29, 1.82) is 0 Å². The molecule has 3 nitrogen and oxygen atoms in total. The highest BCUT2D eigenvalue weighted by Gasteiger charge is 2.02. The fraction of sp³-hybridized carbons (Fsp3) is 0.235. The van der Waals surface area contributed by atoms with Crippen molar-refractivity contribution in [2.24, 2.45) is 0 Å². The molecule has 0 saturated carbocycles. The van der Waals surface area contributed by atoms with E-state index in [9.17, 15) is 0 Å². The minimum Gasteiger partial charge on any atom is -0.497 e. The summed E-state index contributed by atoms with van der Waals surface area (Å²) in [6.07, 6.45) is 0.882. The molecule has 0 aliphatic carbocycles. The monoisotopic (exact) mass is 368 g/mol. The summed E-state index contributed by atoms with van der Waals surface area (Å²) in [6, 6.07) is 13.4. The zero-order valence-electron chi connectivity index (χ0n) is 12.7. The number of halogens is 2. The number of ether oxygens (including phenoxy) is 1. The van der Waals surface area contributed by atoms with Gasteiger partial charge >= 0.3 is 0 Å². The molecule has 0 spiro atoms. The summed E-state index contributed by atoms with van der Waals surface area (Å²) in [4.78, 5) is 0. The minimum absolute atomic E-state index is 0.560. The maximum absolute atomic E-state index is 6.12. The molecule has 2 aromatic rings. The van der Waals surface area contributed by atoms with E-state index in [-0.39, 0.29) is 0 Å². The van der Waals surface area contributed by atoms with Gasteiger partial charge in [-0.05, 0) is 54.0 Å². The summed E-state index contributed by atoms with van der Waals surface area (Å²) in [6.45, 7) is 1.32. The van der Waals surface area contributed by atoms with Crippen LogP contribution in [0.5, 0.6) is 5.75 Å². The molecule has 0 fully saturated rings. The molecule has 0 bridgehead atoms. The predicted molar refractivity (Wildman–Crippen MR) is 101 cm³/mol. The van der Waals surface area contributed by atoms with E-state index in [4.69, 9.17) is 40.2 Å². The maximum Gasteiger partial charge on any atom is 0.166 e. The molecule has 2 aromatic carbocycles. The zero-order valence-corrected chi connectivity index (χ0v) is 15.1. The molecule has 6 heteroatoms. The Labute approximate surface area is 151 Å². The van der Waals surface area contributed by atoms with Gasteiger partial charge in [0.25, 0.3) is 0 Å². The van der Waals surface area contributed by atoms with E-state index in [1.807, 2.05) is 36.4 Å². The van der Waals surface area contributed by atoms with Crippen LogP contribution in [0, 0.1) is 0 Å². The van der Waals surface area contributed by atoms with Crippen LogP contribution in [0.25, 0.3) is 0 Å². The third kappa shape index (κ3) is 5.90. The normalized spacial score (nSPS) is 10.2. The first-order chi connectivity index (χ1) is 11.1. The van der Waals surface area contributed by atoms with Gasteiger partial charge in [-0.1, -0.05) is 41.4 Å². The summed E-state index contributed by atoms with van der Waals surface area (Å²) < 4.78 is 5.14. The van der Waals surface area contributed by atoms with E-state index >= 15 is 0 Å². The molecular formula is C17H18Cl2N2OS. The molecule has 23 heavy (non-hydrogen) atoms. The van der Waals surface area contributed by atoms with Gasteiger partial charge in [-0.2, -0.15) is 0 Å². The van der Waals surface area contributed by atoms with E-state index in [0.717, 1.165) is 24.3 Å². The first-order valence-electron chi connectivity index (χ1n) is 7.17. The summed E-state index contributed by atoms with van der Waals surface area (Å²) >= 11 is 17.3. The van der Waals surface area contributed by atoms with E-state index in [2.05, 4.69) is 10.6 Å². The van der Waals surface area contributed by atoms with Crippen LogP contribution in [0.15, 0.2) is 42.5 Å². The Morgan fingerprint density at radius 2 is 1.83 bits per heavy atom. The first-order valence-corrected chi connectivity index (χ1v) is 8.33. The largest absolute Gasteiger partial charge is 0.497 e. The van der Waals surface area contributed by atoms with Gasteiger partial charge in [-0.3, -0.25) is 0 Å². The second kappa shape index (κ2) is 8.96. The number of thiocarbonyl (C=S) groups is 1. The minimum atomic E-state index is 0.560. The smallest absolute Gasteiger partial charge is 0.166 e. The molecule has 2 rings (SSSR count). The zero-order chi connectivity index (χ0) is 16.7. The molecule has 0 saturated heterocycles. The van der Waals surface area contributed by atoms with Gasteiger partial charge in [0, 0.05) is 23.1 Å². The molecule has 0 heterocycles. The second-order valence-corrected chi connectivity index (χ2v) is 6.20. The van der Waals surface area contributed by atoms with Crippen LogP contribution in [-0.4, -0.2) is 18.8 Å². The predicted octanol–water partition coefficient (Wildman–Crippen LogP) is 4.21. The third-order valence-electron chi connectivity index (χ3n) is 3.31. The van der Waals surface area contributed by atoms with Crippen molar-refractivity contribution >= 4 is 40.5 Å². The number of benzene rings is 2. The highest BCUT2D eigenvalue weighted by atomic mass is 35.5. The quantitative estimate of drug-likeness (QED) is 0.748. The summed E-state index contributed by atoms with van der Waals surface area (Å²) in [5.74, 6) is 0.860. The summed E-state index contributed by atoms with van der Waals surface area (Å²) in [5, 5.41) is 8.17. The Kier molecular flexibility index (Phi) is 6.96. The number of nitrogens with one attached hydrogen (secondary N) is 2. The van der Waals surface area contributed by atoms with E-state index < -0.39 is 0 Å². The fourth-order valence-electron chi connectivity index (χ4n) is 2.02. The lowest BCUT2D eigenvalue weighted by molar-refractivity contribution is 0.414. The van der Waals surface area contributed by atoms with E-state index in [1.54, 1.807) is 13.2 Å². The van der Waals surface area contributed by atoms with Crippen molar-refractivity contribution in [2.45, 2.75) is 13.0 Å². The van der Waals surface area contributed by atoms with Gasteiger partial charge in [0.05, 0.1) is 7.11 Å². The fourth-order valence-corrected chi connectivity index (χ4v) is 2.67. The molecule has 0 aliphatic heterocycles. The Bertz CT molecular complexity index is 662. The number of hydrogen-bond donors (Lipinski definition) is 2. The van der Waals surface area contributed by atoms with E-state index in [0.29, 0.717) is 21.7 Å². The lowest BCUT2D eigenvalue weighted by atomic mass is 10.1.